The zero-order chi connectivity index (χ0) is 30.4. The lowest BCUT2D eigenvalue weighted by atomic mass is 9.78. The number of hydrogen-bond donors (Lipinski definition) is 1. The number of ether oxygens (including phenoxy) is 2. The van der Waals surface area contributed by atoms with Gasteiger partial charge in [0.1, 0.15) is 12.4 Å². The molecule has 43 heavy (non-hydrogen) atoms. The zero-order valence-corrected chi connectivity index (χ0v) is 26.1. The van der Waals surface area contributed by atoms with E-state index in [2.05, 4.69) is 54.6 Å². The zero-order valence-electron chi connectivity index (χ0n) is 25.3. The number of nitrogens with zero attached hydrogens (tertiary/aromatic N) is 2. The van der Waals surface area contributed by atoms with Gasteiger partial charge in [0.2, 0.25) is 15.9 Å². The van der Waals surface area contributed by atoms with E-state index in [1.54, 1.807) is 31.4 Å². The van der Waals surface area contributed by atoms with Gasteiger partial charge in [0.25, 0.3) is 0 Å². The van der Waals surface area contributed by atoms with Crippen molar-refractivity contribution < 1.29 is 22.7 Å². The summed E-state index contributed by atoms with van der Waals surface area (Å²) in [5.74, 6) is 0.974. The van der Waals surface area contributed by atoms with Crippen molar-refractivity contribution in [1.29, 1.82) is 0 Å². The van der Waals surface area contributed by atoms with Crippen LogP contribution < -0.4 is 10.1 Å². The maximum Gasteiger partial charge on any atom is 0.246 e. The predicted octanol–water partition coefficient (Wildman–Crippen LogP) is 4.81. The summed E-state index contributed by atoms with van der Waals surface area (Å²) in [6.07, 6.45) is 4.47. The predicted molar refractivity (Wildman–Crippen MR) is 167 cm³/mol. The van der Waals surface area contributed by atoms with Crippen LogP contribution in [0.25, 0.3) is 0 Å². The maximum atomic E-state index is 13.7. The molecule has 2 aliphatic rings. The molecule has 1 N–H and O–H groups in total. The smallest absolute Gasteiger partial charge is 0.246 e. The van der Waals surface area contributed by atoms with E-state index in [4.69, 9.17) is 9.47 Å². The molecule has 8 nitrogen and oxygen atoms in total. The molecule has 3 aromatic carbocycles. The van der Waals surface area contributed by atoms with E-state index < -0.39 is 16.1 Å². The Kier molecular flexibility index (Phi) is 10.2. The van der Waals surface area contributed by atoms with Crippen LogP contribution in [0.2, 0.25) is 0 Å². The third kappa shape index (κ3) is 7.47. The van der Waals surface area contributed by atoms with Crippen LogP contribution in [0.15, 0.2) is 83.8 Å². The Morgan fingerprint density at radius 1 is 0.930 bits per heavy atom. The molecule has 1 heterocycles. The standard InChI is InChI=1S/C34H43N3O5S/c1-36(2)34(25-9-5-4-6-10-25)26-13-15-29(16-14-26)35-33(38)24-42-23-30-21-27-11-7-8-12-28(27)22-37(30)43(39,40)32-19-17-31(41-3)18-20-32/h4-12,17-20,26,29-30,34H,13-16,21-24H2,1-3H3,(H,35,38). The van der Waals surface area contributed by atoms with E-state index in [9.17, 15) is 13.2 Å². The Morgan fingerprint density at radius 3 is 2.23 bits per heavy atom. The van der Waals surface area contributed by atoms with Crippen molar-refractivity contribution in [1.82, 2.24) is 14.5 Å². The Labute approximate surface area is 256 Å². The highest BCUT2D eigenvalue weighted by Gasteiger charge is 2.36. The fourth-order valence-corrected chi connectivity index (χ4v) is 8.24. The van der Waals surface area contributed by atoms with Gasteiger partial charge in [-0.15, -0.1) is 0 Å². The Morgan fingerprint density at radius 2 is 1.58 bits per heavy atom. The van der Waals surface area contributed by atoms with Crippen molar-refractivity contribution in [3.05, 3.63) is 95.6 Å². The molecule has 0 aromatic heterocycles. The van der Waals surface area contributed by atoms with Crippen LogP contribution in [0, 0.1) is 5.92 Å². The molecule has 0 saturated heterocycles. The minimum Gasteiger partial charge on any atom is -0.497 e. The van der Waals surface area contributed by atoms with Crippen LogP contribution in [-0.2, 0) is 32.5 Å². The number of nitrogens with one attached hydrogen (secondary N) is 1. The van der Waals surface area contributed by atoms with Crippen molar-refractivity contribution in [2.24, 2.45) is 5.92 Å². The van der Waals surface area contributed by atoms with Crippen LogP contribution in [0.4, 0.5) is 0 Å². The molecule has 1 aliphatic carbocycles. The average Bonchev–Trinajstić information content (AvgIpc) is 3.02. The molecular formula is C34H43N3O5S. The topological polar surface area (TPSA) is 88.2 Å². The van der Waals surface area contributed by atoms with Gasteiger partial charge in [-0.1, -0.05) is 54.6 Å². The van der Waals surface area contributed by atoms with E-state index in [1.807, 2.05) is 24.3 Å². The largest absolute Gasteiger partial charge is 0.497 e. The van der Waals surface area contributed by atoms with Crippen LogP contribution in [0.1, 0.15) is 48.4 Å². The first-order valence-corrected chi connectivity index (χ1v) is 16.5. The highest BCUT2D eigenvalue weighted by Crippen LogP contribution is 2.37. The lowest BCUT2D eigenvalue weighted by Crippen LogP contribution is -2.47. The molecule has 9 heteroatoms. The summed E-state index contributed by atoms with van der Waals surface area (Å²) in [6.45, 7) is 0.287. The molecule has 2 unspecified atom stereocenters. The number of methoxy groups -OCH3 is 1. The molecule has 1 fully saturated rings. The number of carbonyl (C=O) groups excluding carboxylic acids is 1. The van der Waals surface area contributed by atoms with Crippen molar-refractivity contribution in [3.63, 3.8) is 0 Å². The molecule has 2 atom stereocenters. The third-order valence-corrected chi connectivity index (χ3v) is 10.7. The lowest BCUT2D eigenvalue weighted by molar-refractivity contribution is -0.127. The Bertz CT molecular complexity index is 1450. The monoisotopic (exact) mass is 605 g/mol. The van der Waals surface area contributed by atoms with Crippen LogP contribution in [-0.4, -0.2) is 70.0 Å². The first-order valence-electron chi connectivity index (χ1n) is 15.1. The fourth-order valence-electron chi connectivity index (χ4n) is 6.65. The second-order valence-corrected chi connectivity index (χ2v) is 13.8. The highest BCUT2D eigenvalue weighted by atomic mass is 32.2. The van der Waals surface area contributed by atoms with Gasteiger partial charge in [-0.3, -0.25) is 4.79 Å². The summed E-state index contributed by atoms with van der Waals surface area (Å²) >= 11 is 0. The fraction of sp³-hybridized carbons (Fsp3) is 0.441. The molecular weight excluding hydrogens is 562 g/mol. The molecule has 0 spiro atoms. The molecule has 1 saturated carbocycles. The summed E-state index contributed by atoms with van der Waals surface area (Å²) in [5.41, 5.74) is 3.42. The highest BCUT2D eigenvalue weighted by molar-refractivity contribution is 7.89. The third-order valence-electron chi connectivity index (χ3n) is 8.80. The van der Waals surface area contributed by atoms with Gasteiger partial charge < -0.3 is 19.7 Å². The van der Waals surface area contributed by atoms with Gasteiger partial charge in [-0.2, -0.15) is 4.31 Å². The molecule has 1 aliphatic heterocycles. The molecule has 3 aromatic rings. The quantitative estimate of drug-likeness (QED) is 0.338. The SMILES string of the molecule is COc1ccc(S(=O)(=O)N2Cc3ccccc3CC2COCC(=O)NC2CCC(C(c3ccccc3)N(C)C)CC2)cc1. The number of rotatable bonds is 11. The van der Waals surface area contributed by atoms with Gasteiger partial charge in [0, 0.05) is 18.6 Å². The number of sulfonamides is 1. The number of hydrogen-bond acceptors (Lipinski definition) is 6. The van der Waals surface area contributed by atoms with E-state index in [0.29, 0.717) is 24.1 Å². The van der Waals surface area contributed by atoms with Gasteiger partial charge in [-0.05, 0) is 93.1 Å². The van der Waals surface area contributed by atoms with Crippen LogP contribution in [0.3, 0.4) is 0 Å². The van der Waals surface area contributed by atoms with Gasteiger partial charge in [-0.25, -0.2) is 8.42 Å². The number of benzene rings is 3. The lowest BCUT2D eigenvalue weighted by Gasteiger charge is -2.38. The second kappa shape index (κ2) is 14.0. The summed E-state index contributed by atoms with van der Waals surface area (Å²) in [7, 11) is 2.02. The van der Waals surface area contributed by atoms with Crippen molar-refractivity contribution in [2.75, 3.05) is 34.4 Å². The van der Waals surface area contributed by atoms with E-state index in [-0.39, 0.29) is 36.6 Å². The van der Waals surface area contributed by atoms with E-state index in [1.165, 1.54) is 9.87 Å². The van der Waals surface area contributed by atoms with E-state index in [0.717, 1.165) is 36.8 Å². The molecule has 1 amide bonds. The average molecular weight is 606 g/mol. The molecule has 230 valence electrons. The van der Waals surface area contributed by atoms with Crippen molar-refractivity contribution >= 4 is 15.9 Å². The van der Waals surface area contributed by atoms with Crippen LogP contribution in [0.5, 0.6) is 5.75 Å². The summed E-state index contributed by atoms with van der Waals surface area (Å²) in [6, 6.07) is 25.0. The van der Waals surface area contributed by atoms with Gasteiger partial charge in [0.15, 0.2) is 0 Å². The number of amides is 1. The molecule has 0 radical (unpaired) electrons. The minimum absolute atomic E-state index is 0.0984. The number of fused-ring (bicyclic) bond motifs is 1. The minimum atomic E-state index is -3.80. The summed E-state index contributed by atoms with van der Waals surface area (Å²) in [5, 5.41) is 3.16. The molecule has 5 rings (SSSR count). The first kappa shape index (κ1) is 31.2. The van der Waals surface area contributed by atoms with Crippen molar-refractivity contribution in [3.8, 4) is 5.75 Å². The van der Waals surface area contributed by atoms with E-state index >= 15 is 0 Å². The van der Waals surface area contributed by atoms with Crippen LogP contribution >= 0.6 is 0 Å². The van der Waals surface area contributed by atoms with Gasteiger partial charge in [0.05, 0.1) is 24.7 Å². The Hall–Kier alpha value is -3.24. The van der Waals surface area contributed by atoms with Gasteiger partial charge >= 0.3 is 0 Å². The normalized spacial score (nSPS) is 21.6. The molecule has 0 bridgehead atoms. The summed E-state index contributed by atoms with van der Waals surface area (Å²) < 4.78 is 40.0. The summed E-state index contributed by atoms with van der Waals surface area (Å²) in [4.78, 5) is 15.4. The Balaban J connectivity index is 1.16. The second-order valence-electron chi connectivity index (χ2n) is 11.9. The van der Waals surface area contributed by atoms with Crippen molar-refractivity contribution in [2.45, 2.75) is 61.7 Å². The first-order chi connectivity index (χ1) is 20.8. The number of carbonyl (C=O) groups is 1. The maximum absolute atomic E-state index is 13.7.